The molecule has 0 aliphatic carbocycles. The third-order valence-corrected chi connectivity index (χ3v) is 2.78. The molecule has 4 heteroatoms. The van der Waals surface area contributed by atoms with E-state index in [2.05, 4.69) is 10.6 Å². The summed E-state index contributed by atoms with van der Waals surface area (Å²) in [7, 11) is -2.36. The maximum Gasteiger partial charge on any atom is 0.233 e. The molecule has 0 saturated carbocycles. The van der Waals surface area contributed by atoms with E-state index < -0.39 is 9.71 Å². The summed E-state index contributed by atoms with van der Waals surface area (Å²) in [5, 5.41) is 0. The van der Waals surface area contributed by atoms with E-state index in [0.29, 0.717) is 5.75 Å². The van der Waals surface area contributed by atoms with Crippen molar-refractivity contribution in [2.45, 2.75) is 20.8 Å². The SMILES string of the molecule is C=S(=O)(CC)NC(=O)C(C)C. The van der Waals surface area contributed by atoms with Gasteiger partial charge >= 0.3 is 0 Å². The number of hydrogen-bond acceptors (Lipinski definition) is 2. The van der Waals surface area contributed by atoms with E-state index in [4.69, 9.17) is 0 Å². The van der Waals surface area contributed by atoms with Crippen molar-refractivity contribution in [1.29, 1.82) is 0 Å². The summed E-state index contributed by atoms with van der Waals surface area (Å²) in [4.78, 5) is 11.0. The highest BCUT2D eigenvalue weighted by atomic mass is 32.2. The first-order chi connectivity index (χ1) is 4.89. The van der Waals surface area contributed by atoms with Gasteiger partial charge in [0.1, 0.15) is 0 Å². The smallest absolute Gasteiger partial charge is 0.233 e. The van der Waals surface area contributed by atoms with Crippen molar-refractivity contribution in [2.75, 3.05) is 5.75 Å². The molecule has 0 saturated heterocycles. The Bertz CT molecular complexity index is 229. The van der Waals surface area contributed by atoms with Crippen molar-refractivity contribution in [1.82, 2.24) is 4.72 Å². The lowest BCUT2D eigenvalue weighted by Gasteiger charge is -2.10. The lowest BCUT2D eigenvalue weighted by Crippen LogP contribution is -2.34. The summed E-state index contributed by atoms with van der Waals surface area (Å²) in [5.41, 5.74) is 0. The van der Waals surface area contributed by atoms with Crippen molar-refractivity contribution in [2.24, 2.45) is 5.92 Å². The molecule has 0 aromatic heterocycles. The van der Waals surface area contributed by atoms with Gasteiger partial charge in [-0.15, -0.1) is 0 Å². The maximum atomic E-state index is 11.2. The largest absolute Gasteiger partial charge is 0.283 e. The van der Waals surface area contributed by atoms with Crippen molar-refractivity contribution < 1.29 is 9.00 Å². The molecule has 1 N–H and O–H groups in total. The predicted molar refractivity (Wildman–Crippen MR) is 48.8 cm³/mol. The first-order valence-electron chi connectivity index (χ1n) is 3.55. The first-order valence-corrected chi connectivity index (χ1v) is 5.45. The predicted octanol–water partition coefficient (Wildman–Crippen LogP) is 0.410. The van der Waals surface area contributed by atoms with Crippen molar-refractivity contribution >= 4 is 21.5 Å². The van der Waals surface area contributed by atoms with Crippen LogP contribution in [0.1, 0.15) is 20.8 Å². The third-order valence-electron chi connectivity index (χ3n) is 1.28. The van der Waals surface area contributed by atoms with Gasteiger partial charge in [0.25, 0.3) is 0 Å². The Morgan fingerprint density at radius 2 is 2.09 bits per heavy atom. The van der Waals surface area contributed by atoms with E-state index in [1.165, 1.54) is 0 Å². The highest BCUT2D eigenvalue weighted by Gasteiger charge is 2.09. The molecule has 0 aliphatic rings. The summed E-state index contributed by atoms with van der Waals surface area (Å²) < 4.78 is 13.6. The number of nitrogens with one attached hydrogen (secondary N) is 1. The Kier molecular flexibility index (Phi) is 3.58. The Labute approximate surface area is 68.3 Å². The summed E-state index contributed by atoms with van der Waals surface area (Å²) in [6.07, 6.45) is 0. The molecule has 0 bridgehead atoms. The molecule has 66 valence electrons. The fraction of sp³-hybridized carbons (Fsp3) is 0.714. The van der Waals surface area contributed by atoms with Gasteiger partial charge in [-0.1, -0.05) is 20.8 Å². The zero-order valence-corrected chi connectivity index (χ0v) is 8.03. The van der Waals surface area contributed by atoms with E-state index in [9.17, 15) is 9.00 Å². The molecule has 0 heterocycles. The van der Waals surface area contributed by atoms with E-state index in [1.807, 2.05) is 0 Å². The molecule has 0 spiro atoms. The summed E-state index contributed by atoms with van der Waals surface area (Å²) in [6, 6.07) is 0. The van der Waals surface area contributed by atoms with Crippen LogP contribution in [-0.2, 0) is 14.5 Å². The maximum absolute atomic E-state index is 11.2. The second kappa shape index (κ2) is 3.76. The molecule has 0 aromatic rings. The molecule has 11 heavy (non-hydrogen) atoms. The molecular weight excluding hydrogens is 162 g/mol. The summed E-state index contributed by atoms with van der Waals surface area (Å²) in [6.45, 7) is 5.23. The van der Waals surface area contributed by atoms with Crippen LogP contribution in [0.25, 0.3) is 0 Å². The molecule has 1 unspecified atom stereocenters. The average Bonchev–Trinajstić information content (AvgIpc) is 1.87. The number of carbonyl (C=O) groups excluding carboxylic acids is 1. The second-order valence-electron chi connectivity index (χ2n) is 2.72. The van der Waals surface area contributed by atoms with Gasteiger partial charge in [0.15, 0.2) is 0 Å². The number of rotatable bonds is 3. The summed E-state index contributed by atoms with van der Waals surface area (Å²) >= 11 is 0. The van der Waals surface area contributed by atoms with Gasteiger partial charge in [-0.2, -0.15) is 0 Å². The fourth-order valence-electron chi connectivity index (χ4n) is 0.373. The minimum Gasteiger partial charge on any atom is -0.283 e. The van der Waals surface area contributed by atoms with Crippen LogP contribution in [0.3, 0.4) is 0 Å². The van der Waals surface area contributed by atoms with Gasteiger partial charge in [0, 0.05) is 21.4 Å². The molecule has 1 amide bonds. The van der Waals surface area contributed by atoms with Gasteiger partial charge < -0.3 is 0 Å². The van der Waals surface area contributed by atoms with Crippen LogP contribution in [0.5, 0.6) is 0 Å². The zero-order chi connectivity index (χ0) is 9.07. The molecule has 0 aliphatic heterocycles. The van der Waals surface area contributed by atoms with Crippen molar-refractivity contribution in [3.8, 4) is 0 Å². The highest BCUT2D eigenvalue weighted by Crippen LogP contribution is 1.93. The van der Waals surface area contributed by atoms with E-state index in [1.54, 1.807) is 20.8 Å². The van der Waals surface area contributed by atoms with Crippen LogP contribution in [0.15, 0.2) is 0 Å². The highest BCUT2D eigenvalue weighted by molar-refractivity contribution is 7.98. The summed E-state index contributed by atoms with van der Waals surface area (Å²) in [5.74, 6) is 3.45. The molecule has 0 radical (unpaired) electrons. The average molecular weight is 177 g/mol. The van der Waals surface area contributed by atoms with Crippen LogP contribution in [-0.4, -0.2) is 21.7 Å². The Morgan fingerprint density at radius 1 is 1.64 bits per heavy atom. The van der Waals surface area contributed by atoms with Crippen LogP contribution in [0, 0.1) is 5.92 Å². The lowest BCUT2D eigenvalue weighted by atomic mass is 10.2. The minimum atomic E-state index is -2.36. The van der Waals surface area contributed by atoms with Gasteiger partial charge in [0.2, 0.25) is 5.91 Å². The number of carbonyl (C=O) groups is 1. The van der Waals surface area contributed by atoms with E-state index in [-0.39, 0.29) is 11.8 Å². The topological polar surface area (TPSA) is 46.2 Å². The molecular formula is C7H15NO2S. The zero-order valence-electron chi connectivity index (χ0n) is 7.22. The van der Waals surface area contributed by atoms with Gasteiger partial charge in [-0.05, 0) is 5.87 Å². The second-order valence-corrected chi connectivity index (χ2v) is 5.13. The Hall–Kier alpha value is -0.510. The lowest BCUT2D eigenvalue weighted by molar-refractivity contribution is -0.122. The van der Waals surface area contributed by atoms with Crippen molar-refractivity contribution in [3.63, 3.8) is 0 Å². The monoisotopic (exact) mass is 177 g/mol. The molecule has 3 nitrogen and oxygen atoms in total. The molecule has 0 aromatic carbocycles. The van der Waals surface area contributed by atoms with Gasteiger partial charge in [0.05, 0.1) is 0 Å². The number of hydrogen-bond donors (Lipinski definition) is 1. The van der Waals surface area contributed by atoms with Crippen LogP contribution in [0.2, 0.25) is 0 Å². The molecule has 1 atom stereocenters. The molecule has 0 rings (SSSR count). The van der Waals surface area contributed by atoms with Crippen molar-refractivity contribution in [3.05, 3.63) is 0 Å². The third kappa shape index (κ3) is 4.03. The Balaban J connectivity index is 4.17. The first kappa shape index (κ1) is 10.5. The van der Waals surface area contributed by atoms with Gasteiger partial charge in [-0.25, -0.2) is 4.21 Å². The number of amides is 1. The fourth-order valence-corrected chi connectivity index (χ4v) is 1.12. The standard InChI is InChI=1S/C7H15NO2S/c1-5-11(4,10)8-7(9)6(2)3/h6H,4-5H2,1-3H3,(H,8,9,10). The van der Waals surface area contributed by atoms with E-state index >= 15 is 0 Å². The van der Waals surface area contributed by atoms with Gasteiger partial charge in [-0.3, -0.25) is 9.52 Å². The van der Waals surface area contributed by atoms with E-state index in [0.717, 1.165) is 0 Å². The van der Waals surface area contributed by atoms with Crippen LogP contribution >= 0.6 is 0 Å². The quantitative estimate of drug-likeness (QED) is 0.635. The molecule has 0 fully saturated rings. The minimum absolute atomic E-state index is 0.135. The Morgan fingerprint density at radius 3 is 2.36 bits per heavy atom. The normalized spacial score (nSPS) is 16.0. The van der Waals surface area contributed by atoms with Crippen LogP contribution < -0.4 is 4.72 Å². The van der Waals surface area contributed by atoms with Crippen LogP contribution in [0.4, 0.5) is 0 Å².